The van der Waals surface area contributed by atoms with Gasteiger partial charge in [0.15, 0.2) is 5.00 Å². The summed E-state index contributed by atoms with van der Waals surface area (Å²) in [4.78, 5) is 20.3. The Morgan fingerprint density at radius 1 is 0.913 bits per heavy atom. The summed E-state index contributed by atoms with van der Waals surface area (Å²) < 4.78 is 5.61. The van der Waals surface area contributed by atoms with E-state index in [9.17, 15) is 9.90 Å². The monoisotopic (exact) mass is 626 g/mol. The number of hydrazone groups is 1. The van der Waals surface area contributed by atoms with Gasteiger partial charge in [-0.3, -0.25) is 0 Å². The van der Waals surface area contributed by atoms with Gasteiger partial charge in [0.2, 0.25) is 5.13 Å². The van der Waals surface area contributed by atoms with Gasteiger partial charge in [0.1, 0.15) is 22.6 Å². The van der Waals surface area contributed by atoms with Gasteiger partial charge in [-0.25, -0.2) is 14.8 Å². The highest BCUT2D eigenvalue weighted by molar-refractivity contribution is 7.19. The Bertz CT molecular complexity index is 2150. The summed E-state index contributed by atoms with van der Waals surface area (Å²) in [5.74, 6) is -0.147. The zero-order valence-electron chi connectivity index (χ0n) is 25.5. The molecule has 1 aliphatic heterocycles. The van der Waals surface area contributed by atoms with Gasteiger partial charge in [0.05, 0.1) is 22.8 Å². The number of nitrogens with zero attached hydrogens (tertiary/aromatic N) is 6. The summed E-state index contributed by atoms with van der Waals surface area (Å²) in [6.45, 7) is 2.03. The number of aromatic nitrogens is 1. The lowest BCUT2D eigenvalue weighted by atomic mass is 9.98. The van der Waals surface area contributed by atoms with Crippen LogP contribution in [0.1, 0.15) is 29.2 Å². The van der Waals surface area contributed by atoms with Crippen molar-refractivity contribution in [2.24, 2.45) is 15.3 Å². The molecule has 0 amide bonds. The minimum atomic E-state index is -0.643. The Morgan fingerprint density at radius 3 is 2.37 bits per heavy atom. The van der Waals surface area contributed by atoms with E-state index < -0.39 is 5.63 Å². The van der Waals surface area contributed by atoms with E-state index in [0.29, 0.717) is 38.9 Å². The average molecular weight is 627 g/mol. The fraction of sp³-hybridized carbons (Fsp3) is 0.139. The van der Waals surface area contributed by atoms with Crippen molar-refractivity contribution in [1.82, 2.24) is 4.98 Å². The number of fused-ring (bicyclic) bond motifs is 1. The maximum absolute atomic E-state index is 13.3. The number of aryl methyl sites for hydroxylation is 1. The molecule has 1 N–H and O–H groups in total. The first-order valence-electron chi connectivity index (χ1n) is 14.8. The van der Waals surface area contributed by atoms with Crippen LogP contribution < -0.4 is 15.5 Å². The van der Waals surface area contributed by atoms with E-state index >= 15 is 0 Å². The van der Waals surface area contributed by atoms with Crippen LogP contribution in [-0.4, -0.2) is 29.9 Å². The fourth-order valence-electron chi connectivity index (χ4n) is 5.45. The Hall–Kier alpha value is -5.61. The molecule has 0 saturated carbocycles. The largest absolute Gasteiger partial charge is 0.506 e. The molecule has 228 valence electrons. The van der Waals surface area contributed by atoms with Gasteiger partial charge in [0.25, 0.3) is 0 Å². The summed E-state index contributed by atoms with van der Waals surface area (Å²) in [6.07, 6.45) is 0.346. The number of rotatable bonds is 7. The van der Waals surface area contributed by atoms with E-state index in [0.717, 1.165) is 28.1 Å². The zero-order valence-corrected chi connectivity index (χ0v) is 26.3. The second kappa shape index (κ2) is 12.1. The van der Waals surface area contributed by atoms with Crippen LogP contribution in [-0.2, 0) is 0 Å². The molecule has 0 saturated heterocycles. The first kappa shape index (κ1) is 29.1. The Labute approximate surface area is 269 Å². The van der Waals surface area contributed by atoms with Gasteiger partial charge in [-0.1, -0.05) is 83.6 Å². The normalized spacial score (nSPS) is 14.7. The van der Waals surface area contributed by atoms with Crippen molar-refractivity contribution in [1.29, 1.82) is 0 Å². The zero-order chi connectivity index (χ0) is 31.8. The number of benzene rings is 4. The van der Waals surface area contributed by atoms with Crippen molar-refractivity contribution in [3.8, 4) is 17.0 Å². The Balaban J connectivity index is 1.36. The van der Waals surface area contributed by atoms with Crippen molar-refractivity contribution in [2.45, 2.75) is 19.4 Å². The lowest BCUT2D eigenvalue weighted by Crippen LogP contribution is -2.19. The number of thiazole rings is 1. The van der Waals surface area contributed by atoms with E-state index in [1.54, 1.807) is 24.3 Å². The summed E-state index contributed by atoms with van der Waals surface area (Å²) in [6, 6.07) is 32.5. The molecule has 9 nitrogen and oxygen atoms in total. The van der Waals surface area contributed by atoms with Crippen molar-refractivity contribution in [2.75, 3.05) is 24.0 Å². The van der Waals surface area contributed by atoms with Gasteiger partial charge in [-0.15, -0.1) is 10.2 Å². The molecule has 7 rings (SSSR count). The van der Waals surface area contributed by atoms with Crippen LogP contribution in [0.2, 0.25) is 0 Å². The van der Waals surface area contributed by atoms with Crippen LogP contribution >= 0.6 is 11.3 Å². The Kier molecular flexibility index (Phi) is 7.63. The molecule has 1 unspecified atom stereocenters. The van der Waals surface area contributed by atoms with Crippen molar-refractivity contribution < 1.29 is 9.52 Å². The van der Waals surface area contributed by atoms with Crippen LogP contribution in [0.5, 0.6) is 5.75 Å². The molecule has 46 heavy (non-hydrogen) atoms. The third-order valence-electron chi connectivity index (χ3n) is 7.91. The fourth-order valence-corrected chi connectivity index (χ4v) is 6.36. The molecule has 0 fully saturated rings. The first-order valence-corrected chi connectivity index (χ1v) is 15.6. The molecule has 10 heteroatoms. The maximum Gasteiger partial charge on any atom is 0.349 e. The van der Waals surface area contributed by atoms with Gasteiger partial charge in [-0.2, -0.15) is 5.10 Å². The van der Waals surface area contributed by atoms with Crippen LogP contribution in [0.3, 0.4) is 0 Å². The molecule has 2 aromatic heterocycles. The number of azo groups is 1. The van der Waals surface area contributed by atoms with Crippen LogP contribution in [0.4, 0.5) is 21.5 Å². The lowest BCUT2D eigenvalue weighted by Gasteiger charge is -2.22. The molecule has 0 radical (unpaired) electrons. The summed E-state index contributed by atoms with van der Waals surface area (Å²) in [5, 5.41) is 28.9. The summed E-state index contributed by atoms with van der Waals surface area (Å²) in [7, 11) is 3.99. The van der Waals surface area contributed by atoms with Crippen LogP contribution in [0, 0.1) is 6.92 Å². The number of hydrogen-bond acceptors (Lipinski definition) is 10. The van der Waals surface area contributed by atoms with Gasteiger partial charge < -0.3 is 14.4 Å². The highest BCUT2D eigenvalue weighted by atomic mass is 32.1. The second-order valence-corrected chi connectivity index (χ2v) is 12.2. The van der Waals surface area contributed by atoms with Gasteiger partial charge in [-0.05, 0) is 48.9 Å². The maximum atomic E-state index is 13.3. The van der Waals surface area contributed by atoms with E-state index in [4.69, 9.17) is 14.5 Å². The van der Waals surface area contributed by atoms with E-state index in [1.165, 1.54) is 11.3 Å². The highest BCUT2D eigenvalue weighted by Crippen LogP contribution is 2.46. The third kappa shape index (κ3) is 5.54. The average Bonchev–Trinajstić information content (AvgIpc) is 3.70. The van der Waals surface area contributed by atoms with Crippen LogP contribution in [0.15, 0.2) is 128 Å². The third-order valence-corrected chi connectivity index (χ3v) is 8.84. The molecule has 4 aromatic carbocycles. The smallest absolute Gasteiger partial charge is 0.349 e. The minimum Gasteiger partial charge on any atom is -0.506 e. The number of para-hydroxylation sites is 1. The predicted octanol–water partition coefficient (Wildman–Crippen LogP) is 8.77. The van der Waals surface area contributed by atoms with Gasteiger partial charge >= 0.3 is 5.63 Å². The molecular formula is C36H30N6O3S. The molecule has 1 aliphatic rings. The van der Waals surface area contributed by atoms with Crippen molar-refractivity contribution in [3.05, 3.63) is 130 Å². The molecule has 1 atom stereocenters. The molecule has 0 bridgehead atoms. The minimum absolute atomic E-state index is 0.0511. The molecule has 3 heterocycles. The van der Waals surface area contributed by atoms with E-state index in [2.05, 4.69) is 22.4 Å². The summed E-state index contributed by atoms with van der Waals surface area (Å²) >= 11 is 1.36. The molecule has 0 spiro atoms. The topological polar surface area (TPSA) is 107 Å². The molecule has 6 aromatic rings. The van der Waals surface area contributed by atoms with Crippen molar-refractivity contribution >= 4 is 49.5 Å². The van der Waals surface area contributed by atoms with Crippen molar-refractivity contribution in [3.63, 3.8) is 0 Å². The molecular weight excluding hydrogens is 597 g/mol. The lowest BCUT2D eigenvalue weighted by molar-refractivity contribution is 0.466. The number of hydrogen-bond donors (Lipinski definition) is 1. The second-order valence-electron chi connectivity index (χ2n) is 11.3. The van der Waals surface area contributed by atoms with Gasteiger partial charge in [0, 0.05) is 31.8 Å². The summed E-state index contributed by atoms with van der Waals surface area (Å²) in [5.41, 5.74) is 5.62. The first-order chi connectivity index (χ1) is 22.4. The van der Waals surface area contributed by atoms with E-state index in [-0.39, 0.29) is 17.4 Å². The standard InChI is InChI=1S/C36H30N6O3S/c1-22-13-17-25(18-14-22)38-39-34-32(24-9-5-4-6-10-24)37-36(46-34)42-29(23-15-19-26(20-16-23)41(2)3)21-28(40-42)31-33(43)27-11-7-8-12-30(27)45-35(31)44/h4-20,29,43H,21H2,1-3H3. The number of aromatic hydroxyl groups is 1. The van der Waals surface area contributed by atoms with E-state index in [1.807, 2.05) is 97.7 Å². The predicted molar refractivity (Wildman–Crippen MR) is 184 cm³/mol. The number of anilines is 2. The van der Waals surface area contributed by atoms with Crippen LogP contribution in [0.25, 0.3) is 22.2 Å². The molecule has 0 aliphatic carbocycles. The highest BCUT2D eigenvalue weighted by Gasteiger charge is 2.35. The quantitative estimate of drug-likeness (QED) is 0.140. The Morgan fingerprint density at radius 2 is 1.63 bits per heavy atom. The SMILES string of the molecule is Cc1ccc(N=Nc2sc(N3N=C(c4c(O)c5ccccc5oc4=O)CC3c3ccc(N(C)C)cc3)nc2-c2ccccc2)cc1.